The molecular weight excluding hydrogens is 256 g/mol. The average Bonchev–Trinajstić information content (AvgIpc) is 2.47. The van der Waals surface area contributed by atoms with Crippen molar-refractivity contribution in [3.05, 3.63) is 35.9 Å². The predicted octanol–water partition coefficient (Wildman–Crippen LogP) is 4.22. The lowest BCUT2D eigenvalue weighted by molar-refractivity contribution is 0.483. The number of sulfone groups is 1. The normalized spacial score (nSPS) is 18.5. The Labute approximate surface area is 116 Å². The first-order valence-electron chi connectivity index (χ1n) is 7.03. The monoisotopic (exact) mass is 278 g/mol. The quantitative estimate of drug-likeness (QED) is 0.829. The van der Waals surface area contributed by atoms with Gasteiger partial charge in [-0.15, -0.1) is 0 Å². The summed E-state index contributed by atoms with van der Waals surface area (Å²) >= 11 is 0. The van der Waals surface area contributed by atoms with E-state index in [1.807, 2.05) is 32.1 Å². The second-order valence-electron chi connectivity index (χ2n) is 5.30. The summed E-state index contributed by atoms with van der Waals surface area (Å²) in [5, 5.41) is -0.171. The molecule has 1 aromatic carbocycles. The van der Waals surface area contributed by atoms with Crippen LogP contribution >= 0.6 is 0 Å². The molecule has 3 heteroatoms. The lowest BCUT2D eigenvalue weighted by Gasteiger charge is -2.21. The molecule has 1 aromatic rings. The van der Waals surface area contributed by atoms with Crippen LogP contribution in [0.2, 0.25) is 0 Å². The summed E-state index contributed by atoms with van der Waals surface area (Å²) in [4.78, 5) is 0.479. The third kappa shape index (κ3) is 3.08. The number of rotatable bonds is 3. The molecule has 0 saturated heterocycles. The summed E-state index contributed by atoms with van der Waals surface area (Å²) in [6.45, 7) is 4.02. The number of hydrogen-bond acceptors (Lipinski definition) is 2. The van der Waals surface area contributed by atoms with E-state index in [4.69, 9.17) is 0 Å². The van der Waals surface area contributed by atoms with Gasteiger partial charge in [-0.05, 0) is 50.0 Å². The second-order valence-corrected chi connectivity index (χ2v) is 7.53. The van der Waals surface area contributed by atoms with E-state index < -0.39 is 9.84 Å². The van der Waals surface area contributed by atoms with Gasteiger partial charge in [0.15, 0.2) is 9.84 Å². The molecule has 19 heavy (non-hydrogen) atoms. The number of benzene rings is 1. The third-order valence-corrected chi connectivity index (χ3v) is 6.34. The largest absolute Gasteiger partial charge is 0.223 e. The van der Waals surface area contributed by atoms with Crippen LogP contribution in [0, 0.1) is 0 Å². The maximum absolute atomic E-state index is 12.5. The minimum absolute atomic E-state index is 0.171. The van der Waals surface area contributed by atoms with Crippen LogP contribution in [0.3, 0.4) is 0 Å². The van der Waals surface area contributed by atoms with Gasteiger partial charge in [-0.1, -0.05) is 37.5 Å². The number of allylic oxidation sites excluding steroid dienone is 2. The highest BCUT2D eigenvalue weighted by molar-refractivity contribution is 7.92. The lowest BCUT2D eigenvalue weighted by Crippen LogP contribution is -2.24. The van der Waals surface area contributed by atoms with Gasteiger partial charge < -0.3 is 0 Å². The predicted molar refractivity (Wildman–Crippen MR) is 79.8 cm³/mol. The minimum Gasteiger partial charge on any atom is -0.223 e. The van der Waals surface area contributed by atoms with Gasteiger partial charge in [0, 0.05) is 0 Å². The molecule has 2 rings (SSSR count). The van der Waals surface area contributed by atoms with Gasteiger partial charge in [-0.25, -0.2) is 8.42 Å². The molecule has 2 nitrogen and oxygen atoms in total. The molecule has 0 aliphatic heterocycles. The zero-order valence-electron chi connectivity index (χ0n) is 11.7. The van der Waals surface area contributed by atoms with E-state index in [0.717, 1.165) is 31.2 Å². The van der Waals surface area contributed by atoms with Crippen molar-refractivity contribution in [2.24, 2.45) is 0 Å². The first kappa shape index (κ1) is 14.3. The van der Waals surface area contributed by atoms with Crippen molar-refractivity contribution in [3.63, 3.8) is 0 Å². The molecule has 1 aliphatic carbocycles. The first-order valence-corrected chi connectivity index (χ1v) is 8.57. The Morgan fingerprint density at radius 2 is 1.68 bits per heavy atom. The minimum atomic E-state index is -3.13. The van der Waals surface area contributed by atoms with E-state index in [9.17, 15) is 8.42 Å². The van der Waals surface area contributed by atoms with Crippen LogP contribution in [0.15, 0.2) is 35.2 Å². The Bertz CT molecular complexity index is 547. The molecule has 0 unspecified atom stereocenters. The maximum Gasteiger partial charge on any atom is 0.181 e. The van der Waals surface area contributed by atoms with Gasteiger partial charge in [0.25, 0.3) is 0 Å². The van der Waals surface area contributed by atoms with Crippen LogP contribution in [-0.2, 0) is 9.84 Å². The molecule has 0 aromatic heterocycles. The molecule has 1 fully saturated rings. The van der Waals surface area contributed by atoms with Crippen LogP contribution in [-0.4, -0.2) is 13.7 Å². The zero-order chi connectivity index (χ0) is 13.9. The molecule has 0 spiro atoms. The van der Waals surface area contributed by atoms with Gasteiger partial charge in [0.2, 0.25) is 0 Å². The van der Waals surface area contributed by atoms with Crippen molar-refractivity contribution in [2.45, 2.75) is 56.1 Å². The van der Waals surface area contributed by atoms with Gasteiger partial charge in [0.1, 0.15) is 0 Å². The molecule has 0 amide bonds. The maximum atomic E-state index is 12.5. The molecule has 104 valence electrons. The Balaban J connectivity index is 2.25. The van der Waals surface area contributed by atoms with E-state index in [1.165, 1.54) is 12.0 Å². The van der Waals surface area contributed by atoms with Crippen LogP contribution < -0.4 is 0 Å². The van der Waals surface area contributed by atoms with Crippen LogP contribution in [0.4, 0.5) is 0 Å². The molecule has 0 bridgehead atoms. The highest BCUT2D eigenvalue weighted by atomic mass is 32.2. The molecular formula is C16H22O2S. The fourth-order valence-corrected chi connectivity index (χ4v) is 4.50. The Morgan fingerprint density at radius 1 is 1.11 bits per heavy atom. The fourth-order valence-electron chi connectivity index (χ4n) is 2.64. The lowest BCUT2D eigenvalue weighted by atomic mass is 10.0. The van der Waals surface area contributed by atoms with Crippen molar-refractivity contribution in [1.82, 2.24) is 0 Å². The molecule has 0 heterocycles. The van der Waals surface area contributed by atoms with Gasteiger partial charge in [0.05, 0.1) is 10.1 Å². The van der Waals surface area contributed by atoms with Crippen molar-refractivity contribution >= 4 is 15.4 Å². The second kappa shape index (κ2) is 5.91. The molecule has 0 N–H and O–H groups in total. The summed E-state index contributed by atoms with van der Waals surface area (Å²) in [5.74, 6) is 0. The van der Waals surface area contributed by atoms with Crippen molar-refractivity contribution < 1.29 is 8.42 Å². The Kier molecular flexibility index (Phi) is 4.46. The zero-order valence-corrected chi connectivity index (χ0v) is 12.5. The summed E-state index contributed by atoms with van der Waals surface area (Å²) < 4.78 is 25.0. The molecule has 1 aliphatic rings. The van der Waals surface area contributed by atoms with E-state index in [0.29, 0.717) is 4.90 Å². The van der Waals surface area contributed by atoms with Crippen molar-refractivity contribution in [1.29, 1.82) is 0 Å². The van der Waals surface area contributed by atoms with E-state index in [1.54, 1.807) is 12.1 Å². The van der Waals surface area contributed by atoms with Crippen LogP contribution in [0.5, 0.6) is 0 Å². The highest BCUT2D eigenvalue weighted by Gasteiger charge is 2.28. The van der Waals surface area contributed by atoms with Gasteiger partial charge >= 0.3 is 0 Å². The van der Waals surface area contributed by atoms with E-state index in [-0.39, 0.29) is 5.25 Å². The summed E-state index contributed by atoms with van der Waals surface area (Å²) in [6, 6.07) is 7.33. The Hall–Kier alpha value is -1.09. The van der Waals surface area contributed by atoms with Crippen molar-refractivity contribution in [2.75, 3.05) is 0 Å². The molecule has 0 radical (unpaired) electrons. The standard InChI is InChI=1S/C16H22O2S/c1-3-13(2)14-9-11-16(12-10-14)19(17,18)15-7-5-4-6-8-15/h3,9-12,15H,4-8H2,1-2H3/b13-3+. The van der Waals surface area contributed by atoms with Crippen LogP contribution in [0.1, 0.15) is 51.5 Å². The van der Waals surface area contributed by atoms with Gasteiger partial charge in [-0.3, -0.25) is 0 Å². The van der Waals surface area contributed by atoms with Crippen molar-refractivity contribution in [3.8, 4) is 0 Å². The van der Waals surface area contributed by atoms with Gasteiger partial charge in [-0.2, -0.15) is 0 Å². The number of hydrogen-bond donors (Lipinski definition) is 0. The Morgan fingerprint density at radius 3 is 2.21 bits per heavy atom. The topological polar surface area (TPSA) is 34.1 Å². The smallest absolute Gasteiger partial charge is 0.181 e. The molecule has 0 atom stereocenters. The highest BCUT2D eigenvalue weighted by Crippen LogP contribution is 2.29. The third-order valence-electron chi connectivity index (χ3n) is 4.06. The van der Waals surface area contributed by atoms with Crippen LogP contribution in [0.25, 0.3) is 5.57 Å². The summed E-state index contributed by atoms with van der Waals surface area (Å²) in [5.41, 5.74) is 2.26. The fraction of sp³-hybridized carbons (Fsp3) is 0.500. The summed E-state index contributed by atoms with van der Waals surface area (Å²) in [7, 11) is -3.13. The van der Waals surface area contributed by atoms with E-state index in [2.05, 4.69) is 0 Å². The first-order chi connectivity index (χ1) is 9.05. The van der Waals surface area contributed by atoms with E-state index >= 15 is 0 Å². The SMILES string of the molecule is C/C=C(\C)c1ccc(S(=O)(=O)C2CCCCC2)cc1. The molecule has 1 saturated carbocycles. The average molecular weight is 278 g/mol. The summed E-state index contributed by atoms with van der Waals surface area (Å²) in [6.07, 6.45) is 6.92.